The molecule has 0 atom stereocenters. The number of nitrogens with zero attached hydrogens (tertiary/aromatic N) is 3. The second-order valence-corrected chi connectivity index (χ2v) is 4.64. The highest BCUT2D eigenvalue weighted by molar-refractivity contribution is 5.93. The van der Waals surface area contributed by atoms with E-state index in [1.165, 1.54) is 5.56 Å². The molecule has 2 heterocycles. The van der Waals surface area contributed by atoms with E-state index in [1.54, 1.807) is 0 Å². The van der Waals surface area contributed by atoms with Crippen molar-refractivity contribution in [2.75, 3.05) is 5.32 Å². The molecule has 0 bridgehead atoms. The van der Waals surface area contributed by atoms with Crippen molar-refractivity contribution in [3.05, 3.63) is 54.2 Å². The summed E-state index contributed by atoms with van der Waals surface area (Å²) in [5, 5.41) is 4.58. The number of hydrogen-bond acceptors (Lipinski definition) is 3. The van der Waals surface area contributed by atoms with Crippen LogP contribution in [0.15, 0.2) is 42.9 Å². The van der Waals surface area contributed by atoms with Gasteiger partial charge in [-0.2, -0.15) is 0 Å². The van der Waals surface area contributed by atoms with Gasteiger partial charge in [0.1, 0.15) is 5.82 Å². The van der Waals surface area contributed by atoms with Crippen LogP contribution in [0.1, 0.15) is 11.4 Å². The number of benzene rings is 1. The van der Waals surface area contributed by atoms with Crippen LogP contribution in [-0.2, 0) is 13.6 Å². The number of hydrogen-bond donors (Lipinski definition) is 1. The zero-order chi connectivity index (χ0) is 13.2. The molecular formula is C15H16N4. The number of aryl methyl sites for hydroxylation is 2. The third-order valence-electron chi connectivity index (χ3n) is 3.33. The van der Waals surface area contributed by atoms with Crippen molar-refractivity contribution in [1.29, 1.82) is 0 Å². The first-order valence-electron chi connectivity index (χ1n) is 6.30. The minimum atomic E-state index is 0.705. The third kappa shape index (κ3) is 2.17. The zero-order valence-corrected chi connectivity index (χ0v) is 11.1. The van der Waals surface area contributed by atoms with E-state index in [9.17, 15) is 0 Å². The summed E-state index contributed by atoms with van der Waals surface area (Å²) in [5.41, 5.74) is 3.34. The van der Waals surface area contributed by atoms with Crippen molar-refractivity contribution >= 4 is 16.6 Å². The van der Waals surface area contributed by atoms with Crippen molar-refractivity contribution in [3.8, 4) is 0 Å². The van der Waals surface area contributed by atoms with E-state index in [4.69, 9.17) is 0 Å². The first-order chi connectivity index (χ1) is 9.25. The molecule has 0 unspecified atom stereocenters. The summed E-state index contributed by atoms with van der Waals surface area (Å²) in [6, 6.07) is 8.25. The Morgan fingerprint density at radius 1 is 1.16 bits per heavy atom. The Kier molecular flexibility index (Phi) is 2.91. The molecular weight excluding hydrogens is 236 g/mol. The summed E-state index contributed by atoms with van der Waals surface area (Å²) in [6.07, 6.45) is 5.59. The minimum Gasteiger partial charge on any atom is -0.377 e. The number of nitrogens with one attached hydrogen (secondary N) is 1. The molecule has 3 rings (SSSR count). The summed E-state index contributed by atoms with van der Waals surface area (Å²) < 4.78 is 2.02. The van der Waals surface area contributed by atoms with Gasteiger partial charge in [0.25, 0.3) is 0 Å². The highest BCUT2D eigenvalue weighted by Gasteiger charge is 2.05. The lowest BCUT2D eigenvalue weighted by Crippen LogP contribution is -2.06. The molecule has 0 aliphatic heterocycles. The largest absolute Gasteiger partial charge is 0.377 e. The van der Waals surface area contributed by atoms with Crippen LogP contribution in [0.2, 0.25) is 0 Å². The second-order valence-electron chi connectivity index (χ2n) is 4.64. The summed E-state index contributed by atoms with van der Waals surface area (Å²) >= 11 is 0. The Morgan fingerprint density at radius 2 is 2.05 bits per heavy atom. The van der Waals surface area contributed by atoms with E-state index in [1.807, 2.05) is 36.3 Å². The first-order valence-corrected chi connectivity index (χ1v) is 6.30. The fraction of sp³-hybridized carbons (Fsp3) is 0.200. The van der Waals surface area contributed by atoms with Crippen molar-refractivity contribution in [1.82, 2.24) is 14.5 Å². The fourth-order valence-electron chi connectivity index (χ4n) is 2.21. The van der Waals surface area contributed by atoms with Gasteiger partial charge in [-0.15, -0.1) is 0 Å². The molecule has 0 saturated carbocycles. The van der Waals surface area contributed by atoms with Crippen molar-refractivity contribution in [2.24, 2.45) is 7.05 Å². The van der Waals surface area contributed by atoms with Gasteiger partial charge >= 0.3 is 0 Å². The van der Waals surface area contributed by atoms with Gasteiger partial charge in [-0.1, -0.05) is 6.07 Å². The average molecular weight is 252 g/mol. The van der Waals surface area contributed by atoms with Crippen molar-refractivity contribution < 1.29 is 0 Å². The van der Waals surface area contributed by atoms with Crippen LogP contribution in [0.3, 0.4) is 0 Å². The Morgan fingerprint density at radius 3 is 2.84 bits per heavy atom. The first kappa shape index (κ1) is 11.7. The molecule has 0 saturated heterocycles. The van der Waals surface area contributed by atoms with E-state index >= 15 is 0 Å². The maximum Gasteiger partial charge on any atom is 0.127 e. The molecule has 19 heavy (non-hydrogen) atoms. The molecule has 3 aromatic rings. The van der Waals surface area contributed by atoms with Crippen LogP contribution in [0, 0.1) is 6.92 Å². The molecule has 0 amide bonds. The van der Waals surface area contributed by atoms with Gasteiger partial charge in [0.05, 0.1) is 12.1 Å². The molecule has 2 aromatic heterocycles. The summed E-state index contributed by atoms with van der Waals surface area (Å²) in [4.78, 5) is 8.76. The van der Waals surface area contributed by atoms with Gasteiger partial charge in [-0.05, 0) is 30.7 Å². The molecule has 0 aliphatic rings. The standard InChI is InChI=1S/C15H16N4/c1-11-5-6-13(12-4-3-7-17-15(11)12)18-10-14-16-8-9-19(14)2/h3-9,18H,10H2,1-2H3. The summed E-state index contributed by atoms with van der Waals surface area (Å²) in [7, 11) is 2.00. The molecule has 0 spiro atoms. The Labute approximate surface area is 112 Å². The molecule has 4 nitrogen and oxygen atoms in total. The highest BCUT2D eigenvalue weighted by atomic mass is 15.1. The quantitative estimate of drug-likeness (QED) is 0.779. The number of fused-ring (bicyclic) bond motifs is 1. The lowest BCUT2D eigenvalue weighted by atomic mass is 10.1. The third-order valence-corrected chi connectivity index (χ3v) is 3.33. The zero-order valence-electron chi connectivity index (χ0n) is 11.1. The fourth-order valence-corrected chi connectivity index (χ4v) is 2.21. The van der Waals surface area contributed by atoms with Crippen molar-refractivity contribution in [2.45, 2.75) is 13.5 Å². The Balaban J connectivity index is 1.93. The van der Waals surface area contributed by atoms with Gasteiger partial charge in [-0.3, -0.25) is 4.98 Å². The van der Waals surface area contributed by atoms with E-state index in [0.717, 1.165) is 22.4 Å². The number of pyridine rings is 1. The van der Waals surface area contributed by atoms with Crippen LogP contribution in [0.5, 0.6) is 0 Å². The van der Waals surface area contributed by atoms with E-state index < -0.39 is 0 Å². The Hall–Kier alpha value is -2.36. The van der Waals surface area contributed by atoms with Crippen LogP contribution in [0.4, 0.5) is 5.69 Å². The van der Waals surface area contributed by atoms with Crippen LogP contribution in [0.25, 0.3) is 10.9 Å². The van der Waals surface area contributed by atoms with Gasteiger partial charge in [0.15, 0.2) is 0 Å². The molecule has 4 heteroatoms. The molecule has 1 aromatic carbocycles. The van der Waals surface area contributed by atoms with Gasteiger partial charge in [0.2, 0.25) is 0 Å². The highest BCUT2D eigenvalue weighted by Crippen LogP contribution is 2.24. The molecule has 0 radical (unpaired) electrons. The van der Waals surface area contributed by atoms with E-state index in [-0.39, 0.29) is 0 Å². The maximum absolute atomic E-state index is 4.44. The lowest BCUT2D eigenvalue weighted by Gasteiger charge is -2.10. The van der Waals surface area contributed by atoms with Gasteiger partial charge in [-0.25, -0.2) is 4.98 Å². The second kappa shape index (κ2) is 4.72. The normalized spacial score (nSPS) is 10.8. The monoisotopic (exact) mass is 252 g/mol. The number of rotatable bonds is 3. The summed E-state index contributed by atoms with van der Waals surface area (Å²) in [6.45, 7) is 2.79. The smallest absolute Gasteiger partial charge is 0.127 e. The topological polar surface area (TPSA) is 42.7 Å². The summed E-state index contributed by atoms with van der Waals surface area (Å²) in [5.74, 6) is 1.01. The predicted molar refractivity (Wildman–Crippen MR) is 77.0 cm³/mol. The predicted octanol–water partition coefficient (Wildman–Crippen LogP) is 2.89. The van der Waals surface area contributed by atoms with Gasteiger partial charge in [0, 0.05) is 36.7 Å². The van der Waals surface area contributed by atoms with E-state index in [0.29, 0.717) is 6.54 Å². The number of anilines is 1. The van der Waals surface area contributed by atoms with Crippen LogP contribution in [-0.4, -0.2) is 14.5 Å². The lowest BCUT2D eigenvalue weighted by molar-refractivity contribution is 0.813. The minimum absolute atomic E-state index is 0.705. The average Bonchev–Trinajstić information content (AvgIpc) is 2.84. The van der Waals surface area contributed by atoms with Crippen molar-refractivity contribution in [3.63, 3.8) is 0 Å². The molecule has 1 N–H and O–H groups in total. The molecule has 0 fully saturated rings. The SMILES string of the molecule is Cc1ccc(NCc2nccn2C)c2cccnc12. The maximum atomic E-state index is 4.44. The molecule has 0 aliphatic carbocycles. The number of aromatic nitrogens is 3. The van der Waals surface area contributed by atoms with Crippen LogP contribution < -0.4 is 5.32 Å². The van der Waals surface area contributed by atoms with Gasteiger partial charge < -0.3 is 9.88 Å². The van der Waals surface area contributed by atoms with Crippen LogP contribution >= 0.6 is 0 Å². The molecule has 96 valence electrons. The number of imidazole rings is 1. The van der Waals surface area contributed by atoms with E-state index in [2.05, 4.69) is 40.4 Å². The Bertz CT molecular complexity index is 715.